The van der Waals surface area contributed by atoms with Crippen molar-refractivity contribution in [1.29, 1.82) is 0 Å². The summed E-state index contributed by atoms with van der Waals surface area (Å²) in [4.78, 5) is 0.215. The van der Waals surface area contributed by atoms with Crippen molar-refractivity contribution in [3.63, 3.8) is 0 Å². The predicted molar refractivity (Wildman–Crippen MR) is 84.4 cm³/mol. The number of alkyl halides is 1. The molecule has 3 nitrogen and oxygen atoms in total. The second-order valence-corrected chi connectivity index (χ2v) is 7.13. The van der Waals surface area contributed by atoms with Gasteiger partial charge in [-0.25, -0.2) is 13.1 Å². The van der Waals surface area contributed by atoms with E-state index >= 15 is 0 Å². The Morgan fingerprint density at radius 3 is 2.20 bits per heavy atom. The van der Waals surface area contributed by atoms with Crippen molar-refractivity contribution in [2.75, 3.05) is 5.88 Å². The Morgan fingerprint density at radius 1 is 1.05 bits per heavy atom. The summed E-state index contributed by atoms with van der Waals surface area (Å²) in [5, 5.41) is 0. The van der Waals surface area contributed by atoms with Gasteiger partial charge in [-0.1, -0.05) is 46.3 Å². The summed E-state index contributed by atoms with van der Waals surface area (Å²) in [7, 11) is -3.59. The maximum Gasteiger partial charge on any atom is 0.241 e. The van der Waals surface area contributed by atoms with E-state index < -0.39 is 16.1 Å². The molecule has 1 N–H and O–H groups in total. The van der Waals surface area contributed by atoms with Gasteiger partial charge in [0.05, 0.1) is 10.9 Å². The average molecular weight is 375 g/mol. The molecule has 6 heteroatoms. The van der Waals surface area contributed by atoms with Crippen molar-refractivity contribution in [2.24, 2.45) is 0 Å². The molecule has 0 aliphatic rings. The predicted octanol–water partition coefficient (Wildman–Crippen LogP) is 3.71. The second kappa shape index (κ2) is 6.72. The number of nitrogens with one attached hydrogen (secondary N) is 1. The normalized spacial score (nSPS) is 13.1. The van der Waals surface area contributed by atoms with E-state index in [0.717, 1.165) is 10.0 Å². The molecular weight excluding hydrogens is 362 g/mol. The Balaban J connectivity index is 2.24. The van der Waals surface area contributed by atoms with Crippen LogP contribution >= 0.6 is 27.5 Å². The van der Waals surface area contributed by atoms with E-state index in [4.69, 9.17) is 11.6 Å². The van der Waals surface area contributed by atoms with Crippen molar-refractivity contribution in [3.8, 4) is 0 Å². The van der Waals surface area contributed by atoms with Gasteiger partial charge in [0.1, 0.15) is 0 Å². The first-order chi connectivity index (χ1) is 9.53. The first kappa shape index (κ1) is 15.5. The SMILES string of the molecule is O=S(=O)(NC(CCl)c1ccccc1)c1ccc(Br)cc1. The van der Waals surface area contributed by atoms with Crippen LogP contribution in [0.1, 0.15) is 11.6 Å². The maximum atomic E-state index is 12.3. The quantitative estimate of drug-likeness (QED) is 0.811. The van der Waals surface area contributed by atoms with Gasteiger partial charge in [0.25, 0.3) is 0 Å². The molecule has 2 aromatic rings. The van der Waals surface area contributed by atoms with E-state index in [-0.39, 0.29) is 10.8 Å². The Labute approximate surface area is 132 Å². The fraction of sp³-hybridized carbons (Fsp3) is 0.143. The van der Waals surface area contributed by atoms with Crippen molar-refractivity contribution in [1.82, 2.24) is 4.72 Å². The van der Waals surface area contributed by atoms with E-state index in [2.05, 4.69) is 20.7 Å². The van der Waals surface area contributed by atoms with Crippen LogP contribution in [-0.2, 0) is 10.0 Å². The van der Waals surface area contributed by atoms with Crippen LogP contribution in [0.25, 0.3) is 0 Å². The van der Waals surface area contributed by atoms with Crippen molar-refractivity contribution >= 4 is 37.6 Å². The monoisotopic (exact) mass is 373 g/mol. The van der Waals surface area contributed by atoms with E-state index in [1.807, 2.05) is 30.3 Å². The van der Waals surface area contributed by atoms with E-state index in [1.54, 1.807) is 24.3 Å². The molecule has 106 valence electrons. The summed E-state index contributed by atoms with van der Waals surface area (Å²) in [5.41, 5.74) is 0.836. The number of benzene rings is 2. The molecule has 0 amide bonds. The third kappa shape index (κ3) is 3.82. The summed E-state index contributed by atoms with van der Waals surface area (Å²) >= 11 is 9.16. The first-order valence-corrected chi connectivity index (χ1v) is 8.73. The van der Waals surface area contributed by atoms with Crippen LogP contribution in [0.2, 0.25) is 0 Å². The van der Waals surface area contributed by atoms with Gasteiger partial charge >= 0.3 is 0 Å². The smallest absolute Gasteiger partial charge is 0.207 e. The minimum absolute atomic E-state index is 0.166. The highest BCUT2D eigenvalue weighted by Gasteiger charge is 2.20. The van der Waals surface area contributed by atoms with Crippen LogP contribution in [-0.4, -0.2) is 14.3 Å². The number of halogens is 2. The Morgan fingerprint density at radius 2 is 1.65 bits per heavy atom. The van der Waals surface area contributed by atoms with Gasteiger partial charge in [-0.15, -0.1) is 11.6 Å². The molecule has 0 saturated heterocycles. The Hall–Kier alpha value is -0.880. The zero-order valence-electron chi connectivity index (χ0n) is 10.5. The average Bonchev–Trinajstić information content (AvgIpc) is 2.46. The van der Waals surface area contributed by atoms with Gasteiger partial charge in [0.2, 0.25) is 10.0 Å². The molecular formula is C14H13BrClNO2S. The molecule has 0 saturated carbocycles. The molecule has 0 fully saturated rings. The minimum atomic E-state index is -3.59. The van der Waals surface area contributed by atoms with Crippen molar-refractivity contribution in [3.05, 3.63) is 64.6 Å². The van der Waals surface area contributed by atoms with Crippen molar-refractivity contribution in [2.45, 2.75) is 10.9 Å². The lowest BCUT2D eigenvalue weighted by Crippen LogP contribution is -2.29. The zero-order valence-corrected chi connectivity index (χ0v) is 13.6. The molecule has 1 unspecified atom stereocenters. The van der Waals surface area contributed by atoms with Crippen LogP contribution in [0.4, 0.5) is 0 Å². The fourth-order valence-corrected chi connectivity index (χ4v) is 3.58. The molecule has 0 radical (unpaired) electrons. The highest BCUT2D eigenvalue weighted by Crippen LogP contribution is 2.20. The molecule has 0 spiro atoms. The van der Waals surface area contributed by atoms with E-state index in [9.17, 15) is 8.42 Å². The number of hydrogen-bond donors (Lipinski definition) is 1. The molecule has 0 aromatic heterocycles. The standard InChI is InChI=1S/C14H13BrClNO2S/c15-12-6-8-13(9-7-12)20(18,19)17-14(10-16)11-4-2-1-3-5-11/h1-9,14,17H,10H2. The Kier molecular flexibility index (Phi) is 5.21. The lowest BCUT2D eigenvalue weighted by molar-refractivity contribution is 0.568. The number of hydrogen-bond acceptors (Lipinski definition) is 2. The molecule has 0 bridgehead atoms. The summed E-state index contributed by atoms with van der Waals surface area (Å²) < 4.78 is 28.0. The van der Waals surface area contributed by atoms with Crippen LogP contribution in [0, 0.1) is 0 Å². The van der Waals surface area contributed by atoms with Gasteiger partial charge in [-0.3, -0.25) is 0 Å². The van der Waals surface area contributed by atoms with Crippen LogP contribution in [0.5, 0.6) is 0 Å². The molecule has 0 heterocycles. The maximum absolute atomic E-state index is 12.3. The molecule has 20 heavy (non-hydrogen) atoms. The van der Waals surface area contributed by atoms with Crippen LogP contribution < -0.4 is 4.72 Å². The molecule has 2 aromatic carbocycles. The van der Waals surface area contributed by atoms with Crippen LogP contribution in [0.3, 0.4) is 0 Å². The minimum Gasteiger partial charge on any atom is -0.207 e. The number of sulfonamides is 1. The summed E-state index contributed by atoms with van der Waals surface area (Å²) in [6, 6.07) is 15.3. The Bertz CT molecular complexity index is 659. The fourth-order valence-electron chi connectivity index (χ4n) is 1.74. The number of rotatable bonds is 5. The highest BCUT2D eigenvalue weighted by molar-refractivity contribution is 9.10. The summed E-state index contributed by atoms with van der Waals surface area (Å²) in [5.74, 6) is 0.166. The third-order valence-corrected chi connectivity index (χ3v) is 5.10. The van der Waals surface area contributed by atoms with Gasteiger partial charge < -0.3 is 0 Å². The van der Waals surface area contributed by atoms with Gasteiger partial charge in [0, 0.05) is 10.4 Å². The van der Waals surface area contributed by atoms with Gasteiger partial charge in [-0.2, -0.15) is 0 Å². The summed E-state index contributed by atoms with van der Waals surface area (Å²) in [6.45, 7) is 0. The largest absolute Gasteiger partial charge is 0.241 e. The van der Waals surface area contributed by atoms with Gasteiger partial charge in [-0.05, 0) is 29.8 Å². The topological polar surface area (TPSA) is 46.2 Å². The molecule has 0 aliphatic carbocycles. The molecule has 2 rings (SSSR count). The highest BCUT2D eigenvalue weighted by atomic mass is 79.9. The molecule has 1 atom stereocenters. The molecule has 0 aliphatic heterocycles. The third-order valence-electron chi connectivity index (χ3n) is 2.78. The zero-order chi connectivity index (χ0) is 14.6. The van der Waals surface area contributed by atoms with Crippen molar-refractivity contribution < 1.29 is 8.42 Å². The van der Waals surface area contributed by atoms with E-state index in [1.165, 1.54) is 0 Å². The second-order valence-electron chi connectivity index (χ2n) is 4.19. The summed E-state index contributed by atoms with van der Waals surface area (Å²) in [6.07, 6.45) is 0. The lowest BCUT2D eigenvalue weighted by atomic mass is 10.1. The van der Waals surface area contributed by atoms with E-state index in [0.29, 0.717) is 0 Å². The van der Waals surface area contributed by atoms with Crippen LogP contribution in [0.15, 0.2) is 64.0 Å². The first-order valence-electron chi connectivity index (χ1n) is 5.92. The van der Waals surface area contributed by atoms with Gasteiger partial charge in [0.15, 0.2) is 0 Å². The lowest BCUT2D eigenvalue weighted by Gasteiger charge is -2.16.